The molecular weight excluding hydrogens is 530 g/mol. The largest absolute Gasteiger partial charge is 0.459 e. The lowest BCUT2D eigenvalue weighted by molar-refractivity contribution is -0.156. The average Bonchev–Trinajstić information content (AvgIpc) is 3.49. The topological polar surface area (TPSA) is 158 Å². The van der Waals surface area contributed by atoms with Crippen molar-refractivity contribution in [2.75, 3.05) is 12.3 Å². The number of carbonyl (C=O) groups is 3. The van der Waals surface area contributed by atoms with Crippen molar-refractivity contribution in [2.24, 2.45) is 0 Å². The Labute approximate surface area is 226 Å². The molecule has 4 aromatic rings. The second kappa shape index (κ2) is 11.1. The SMILES string of the molecule is CC(=O)OC1C(OC(=O)c2ccccc2)[C@@H](COC(=O)c2ccccc2)O[C@H]1n1cnc2c(N)nc(Cl)nc21. The maximum Gasteiger partial charge on any atom is 0.338 e. The minimum atomic E-state index is -1.18. The van der Waals surface area contributed by atoms with Crippen molar-refractivity contribution in [3.8, 4) is 0 Å². The fourth-order valence-electron chi connectivity index (χ4n) is 4.20. The molecule has 1 saturated heterocycles. The molecule has 12 nitrogen and oxygen atoms in total. The standard InChI is InChI=1S/C26H22ClN5O7/c1-14(33)37-20-19(39-25(35)16-10-6-3-7-11-16)17(12-36-24(34)15-8-4-2-5-9-15)38-23(20)32-13-29-18-21(28)30-26(27)31-22(18)32/h2-11,13,17,19-20,23H,12H2,1H3,(H2,28,30,31)/t17-,19?,20?,23-/m1/s1. The van der Waals surface area contributed by atoms with Gasteiger partial charge in [-0.1, -0.05) is 36.4 Å². The second-order valence-electron chi connectivity index (χ2n) is 8.54. The normalized spacial score (nSPS) is 20.5. The second-order valence-corrected chi connectivity index (χ2v) is 8.88. The lowest BCUT2D eigenvalue weighted by atomic mass is 10.1. The molecule has 0 radical (unpaired) electrons. The van der Waals surface area contributed by atoms with Gasteiger partial charge >= 0.3 is 17.9 Å². The van der Waals surface area contributed by atoms with Crippen molar-refractivity contribution in [3.63, 3.8) is 0 Å². The van der Waals surface area contributed by atoms with E-state index in [9.17, 15) is 14.4 Å². The van der Waals surface area contributed by atoms with E-state index in [2.05, 4.69) is 15.0 Å². The van der Waals surface area contributed by atoms with Gasteiger partial charge in [-0.15, -0.1) is 0 Å². The number of halogens is 1. The highest BCUT2D eigenvalue weighted by Crippen LogP contribution is 2.37. The molecule has 2 unspecified atom stereocenters. The zero-order valence-electron chi connectivity index (χ0n) is 20.5. The third-order valence-electron chi connectivity index (χ3n) is 5.92. The average molecular weight is 552 g/mol. The molecule has 13 heteroatoms. The summed E-state index contributed by atoms with van der Waals surface area (Å²) in [6.07, 6.45) is -3.13. The molecule has 2 N–H and O–H groups in total. The Bertz CT molecular complexity index is 1520. The Balaban J connectivity index is 1.50. The van der Waals surface area contributed by atoms with Gasteiger partial charge in [0.25, 0.3) is 0 Å². The van der Waals surface area contributed by atoms with E-state index in [0.717, 1.165) is 0 Å². The maximum atomic E-state index is 13.0. The number of esters is 3. The number of hydrogen-bond acceptors (Lipinski definition) is 11. The minimum Gasteiger partial charge on any atom is -0.459 e. The van der Waals surface area contributed by atoms with Crippen molar-refractivity contribution in [1.29, 1.82) is 0 Å². The zero-order chi connectivity index (χ0) is 27.5. The minimum absolute atomic E-state index is 0.0335. The van der Waals surface area contributed by atoms with Crippen molar-refractivity contribution in [3.05, 3.63) is 83.4 Å². The van der Waals surface area contributed by atoms with Gasteiger partial charge in [-0.25, -0.2) is 14.6 Å². The first-order chi connectivity index (χ1) is 18.8. The van der Waals surface area contributed by atoms with Crippen LogP contribution in [0.4, 0.5) is 5.82 Å². The summed E-state index contributed by atoms with van der Waals surface area (Å²) < 4.78 is 24.5. The van der Waals surface area contributed by atoms with Crippen LogP contribution >= 0.6 is 11.6 Å². The van der Waals surface area contributed by atoms with Crippen molar-refractivity contribution < 1.29 is 33.3 Å². The van der Waals surface area contributed by atoms with Crippen LogP contribution in [-0.2, 0) is 23.7 Å². The number of rotatable bonds is 7. The van der Waals surface area contributed by atoms with E-state index in [-0.39, 0.29) is 34.4 Å². The van der Waals surface area contributed by atoms with E-state index in [1.165, 1.54) is 17.8 Å². The van der Waals surface area contributed by atoms with Gasteiger partial charge < -0.3 is 24.7 Å². The quantitative estimate of drug-likeness (QED) is 0.204. The summed E-state index contributed by atoms with van der Waals surface area (Å²) >= 11 is 6.02. The number of nitrogen functional groups attached to an aromatic ring is 1. The van der Waals surface area contributed by atoms with Crippen molar-refractivity contribution >= 4 is 46.5 Å². The van der Waals surface area contributed by atoms with Crippen LogP contribution in [0.3, 0.4) is 0 Å². The van der Waals surface area contributed by atoms with Gasteiger partial charge in [-0.2, -0.15) is 9.97 Å². The van der Waals surface area contributed by atoms with Crippen LogP contribution in [0.15, 0.2) is 67.0 Å². The van der Waals surface area contributed by atoms with Crippen LogP contribution in [0, 0.1) is 0 Å². The zero-order valence-corrected chi connectivity index (χ0v) is 21.2. The predicted molar refractivity (Wildman–Crippen MR) is 137 cm³/mol. The first-order valence-electron chi connectivity index (χ1n) is 11.8. The van der Waals surface area contributed by atoms with E-state index in [4.69, 9.17) is 36.3 Å². The number of fused-ring (bicyclic) bond motifs is 1. The fourth-order valence-corrected chi connectivity index (χ4v) is 4.37. The van der Waals surface area contributed by atoms with Crippen LogP contribution in [-0.4, -0.2) is 62.3 Å². The Morgan fingerprint density at radius 1 is 0.949 bits per heavy atom. The highest BCUT2D eigenvalue weighted by Gasteiger charge is 2.51. The van der Waals surface area contributed by atoms with Gasteiger partial charge in [0.1, 0.15) is 18.2 Å². The third-order valence-corrected chi connectivity index (χ3v) is 6.09. The summed E-state index contributed by atoms with van der Waals surface area (Å²) in [6, 6.07) is 16.6. The van der Waals surface area contributed by atoms with Crippen LogP contribution in [0.25, 0.3) is 11.2 Å². The van der Waals surface area contributed by atoms with Gasteiger partial charge in [-0.05, 0) is 35.9 Å². The molecule has 200 valence electrons. The summed E-state index contributed by atoms with van der Waals surface area (Å²) in [6.45, 7) is 0.887. The number of nitrogens with two attached hydrogens (primary N) is 1. The molecule has 0 amide bonds. The Hall–Kier alpha value is -4.55. The number of nitrogens with zero attached hydrogens (tertiary/aromatic N) is 4. The molecule has 2 aromatic heterocycles. The van der Waals surface area contributed by atoms with Gasteiger partial charge in [0, 0.05) is 6.92 Å². The molecule has 5 rings (SSSR count). The molecular formula is C26H22ClN5O7. The van der Waals surface area contributed by atoms with Gasteiger partial charge in [0.15, 0.2) is 29.9 Å². The fraction of sp³-hybridized carbons (Fsp3) is 0.231. The van der Waals surface area contributed by atoms with Gasteiger partial charge in [0.05, 0.1) is 17.5 Å². The smallest absolute Gasteiger partial charge is 0.338 e. The number of anilines is 1. The van der Waals surface area contributed by atoms with E-state index in [1.807, 2.05) is 0 Å². The summed E-state index contributed by atoms with van der Waals surface area (Å²) in [4.78, 5) is 50.1. The molecule has 3 heterocycles. The lowest BCUT2D eigenvalue weighted by Crippen LogP contribution is -2.41. The van der Waals surface area contributed by atoms with Crippen molar-refractivity contribution in [1.82, 2.24) is 19.5 Å². The van der Waals surface area contributed by atoms with E-state index in [0.29, 0.717) is 5.56 Å². The number of carbonyl (C=O) groups excluding carboxylic acids is 3. The number of hydrogen-bond donors (Lipinski definition) is 1. The highest BCUT2D eigenvalue weighted by molar-refractivity contribution is 6.28. The molecule has 2 aromatic carbocycles. The summed E-state index contributed by atoms with van der Waals surface area (Å²) in [7, 11) is 0. The van der Waals surface area contributed by atoms with E-state index < -0.39 is 42.4 Å². The molecule has 1 aliphatic rings. The van der Waals surface area contributed by atoms with Gasteiger partial charge in [-0.3, -0.25) is 9.36 Å². The Morgan fingerprint density at radius 3 is 2.23 bits per heavy atom. The van der Waals surface area contributed by atoms with Crippen LogP contribution in [0.2, 0.25) is 5.28 Å². The Kier molecular flexibility index (Phi) is 7.39. The first-order valence-corrected chi connectivity index (χ1v) is 12.2. The van der Waals surface area contributed by atoms with Crippen molar-refractivity contribution in [2.45, 2.75) is 31.5 Å². The summed E-state index contributed by atoms with van der Waals surface area (Å²) in [5.74, 6) is -1.93. The molecule has 0 spiro atoms. The Morgan fingerprint density at radius 2 is 1.59 bits per heavy atom. The molecule has 0 aliphatic carbocycles. The molecule has 4 atom stereocenters. The molecule has 0 bridgehead atoms. The number of benzene rings is 2. The van der Waals surface area contributed by atoms with Gasteiger partial charge in [0.2, 0.25) is 5.28 Å². The maximum absolute atomic E-state index is 13.0. The molecule has 1 fully saturated rings. The predicted octanol–water partition coefficient (Wildman–Crippen LogP) is 2.97. The monoisotopic (exact) mass is 551 g/mol. The number of aromatic nitrogens is 4. The van der Waals surface area contributed by atoms with Crippen LogP contribution in [0.1, 0.15) is 33.9 Å². The number of ether oxygens (including phenoxy) is 4. The van der Waals surface area contributed by atoms with Crippen LogP contribution < -0.4 is 5.73 Å². The first kappa shape index (κ1) is 26.1. The lowest BCUT2D eigenvalue weighted by Gasteiger charge is -2.24. The van der Waals surface area contributed by atoms with E-state index in [1.54, 1.807) is 60.7 Å². The van der Waals surface area contributed by atoms with E-state index >= 15 is 0 Å². The molecule has 1 aliphatic heterocycles. The highest BCUT2D eigenvalue weighted by atomic mass is 35.5. The number of imidazole rings is 1. The molecule has 0 saturated carbocycles. The molecule has 39 heavy (non-hydrogen) atoms. The van der Waals surface area contributed by atoms with Crippen LogP contribution in [0.5, 0.6) is 0 Å². The third kappa shape index (κ3) is 5.52. The summed E-state index contributed by atoms with van der Waals surface area (Å²) in [5, 5.41) is -0.135. The summed E-state index contributed by atoms with van der Waals surface area (Å²) in [5.41, 5.74) is 6.97.